The molecule has 6 nitrogen and oxygen atoms in total. The number of carbonyl (C=O) groups is 1. The number of thiazole rings is 1. The number of thiophene rings is 1. The van der Waals surface area contributed by atoms with Crippen LogP contribution in [0.2, 0.25) is 0 Å². The van der Waals surface area contributed by atoms with Crippen LogP contribution in [0.1, 0.15) is 28.8 Å². The Morgan fingerprint density at radius 2 is 2.16 bits per heavy atom. The van der Waals surface area contributed by atoms with Crippen molar-refractivity contribution in [3.8, 4) is 10.8 Å². The Bertz CT molecular complexity index is 1200. The Balaban J connectivity index is 1.18. The third-order valence-electron chi connectivity index (χ3n) is 5.40. The average molecular weight is 471 g/mol. The smallest absolute Gasteiger partial charge is 0.277 e. The molecule has 1 aliphatic carbocycles. The van der Waals surface area contributed by atoms with Gasteiger partial charge in [0.1, 0.15) is 5.01 Å². The summed E-state index contributed by atoms with van der Waals surface area (Å²) in [5, 5.41) is 9.69. The summed E-state index contributed by atoms with van der Waals surface area (Å²) in [6.07, 6.45) is 3.49. The second kappa shape index (κ2) is 8.72. The van der Waals surface area contributed by atoms with Gasteiger partial charge in [-0.15, -0.1) is 32.9 Å². The highest BCUT2D eigenvalue weighted by Crippen LogP contribution is 2.37. The fourth-order valence-electron chi connectivity index (χ4n) is 3.69. The minimum absolute atomic E-state index is 0.00424. The highest BCUT2D eigenvalue weighted by Gasteiger charge is 2.21. The Morgan fingerprint density at radius 1 is 1.29 bits per heavy atom. The molecule has 1 amide bonds. The Kier molecular flexibility index (Phi) is 5.81. The maximum Gasteiger partial charge on any atom is 0.277 e. The van der Waals surface area contributed by atoms with Gasteiger partial charge in [-0.1, -0.05) is 30.8 Å². The molecule has 31 heavy (non-hydrogen) atoms. The van der Waals surface area contributed by atoms with Crippen LogP contribution in [0.3, 0.4) is 0 Å². The molecule has 0 saturated carbocycles. The molecule has 1 aliphatic rings. The largest absolute Gasteiger partial charge is 0.410 e. The zero-order valence-electron chi connectivity index (χ0n) is 17.3. The van der Waals surface area contributed by atoms with Crippen molar-refractivity contribution in [2.24, 2.45) is 5.92 Å². The lowest BCUT2D eigenvalue weighted by Gasteiger charge is -2.16. The van der Waals surface area contributed by atoms with Crippen molar-refractivity contribution in [2.75, 3.05) is 12.8 Å². The van der Waals surface area contributed by atoms with Gasteiger partial charge in [0.25, 0.3) is 11.1 Å². The molecule has 0 fully saturated rings. The summed E-state index contributed by atoms with van der Waals surface area (Å²) < 4.78 is 6.97. The molecule has 0 spiro atoms. The highest BCUT2D eigenvalue weighted by molar-refractivity contribution is 7.99. The van der Waals surface area contributed by atoms with E-state index in [0.717, 1.165) is 38.9 Å². The van der Waals surface area contributed by atoms with E-state index < -0.39 is 0 Å². The van der Waals surface area contributed by atoms with E-state index in [9.17, 15) is 4.79 Å². The van der Waals surface area contributed by atoms with Crippen LogP contribution < -0.4 is 0 Å². The van der Waals surface area contributed by atoms with E-state index in [2.05, 4.69) is 28.2 Å². The van der Waals surface area contributed by atoms with Gasteiger partial charge in [0.2, 0.25) is 5.91 Å². The minimum Gasteiger partial charge on any atom is -0.410 e. The number of fused-ring (bicyclic) bond motifs is 2. The average Bonchev–Trinajstić information content (AvgIpc) is 3.48. The van der Waals surface area contributed by atoms with Crippen molar-refractivity contribution in [1.82, 2.24) is 20.1 Å². The number of aromatic nitrogens is 3. The molecular formula is C22H22N4O2S3. The second-order valence-corrected chi connectivity index (χ2v) is 11.1. The number of hydrogen-bond donors (Lipinski definition) is 0. The monoisotopic (exact) mass is 470 g/mol. The van der Waals surface area contributed by atoms with Crippen molar-refractivity contribution < 1.29 is 9.21 Å². The van der Waals surface area contributed by atoms with E-state index in [1.54, 1.807) is 34.6 Å². The Hall–Kier alpha value is -2.23. The number of rotatable bonds is 6. The van der Waals surface area contributed by atoms with E-state index in [0.29, 0.717) is 17.7 Å². The van der Waals surface area contributed by atoms with E-state index in [1.807, 2.05) is 24.3 Å². The van der Waals surface area contributed by atoms with Gasteiger partial charge in [0.15, 0.2) is 0 Å². The maximum absolute atomic E-state index is 12.6. The first-order valence-electron chi connectivity index (χ1n) is 10.2. The summed E-state index contributed by atoms with van der Waals surface area (Å²) in [4.78, 5) is 21.3. The molecule has 5 rings (SSSR count). The fraction of sp³-hybridized carbons (Fsp3) is 0.364. The van der Waals surface area contributed by atoms with Gasteiger partial charge in [-0.25, -0.2) is 4.98 Å². The normalized spacial score (nSPS) is 15.9. The third-order valence-corrected chi connectivity index (χ3v) is 8.45. The van der Waals surface area contributed by atoms with Crippen LogP contribution >= 0.6 is 34.4 Å². The van der Waals surface area contributed by atoms with Crippen LogP contribution in [-0.2, 0) is 24.2 Å². The van der Waals surface area contributed by atoms with Crippen molar-refractivity contribution in [3.63, 3.8) is 0 Å². The fourth-order valence-corrected chi connectivity index (χ4v) is 6.55. The predicted octanol–water partition coefficient (Wildman–Crippen LogP) is 5.28. The number of hydrogen-bond acceptors (Lipinski definition) is 8. The summed E-state index contributed by atoms with van der Waals surface area (Å²) in [7, 11) is 1.80. The second-order valence-electron chi connectivity index (χ2n) is 7.89. The van der Waals surface area contributed by atoms with E-state index in [1.165, 1.54) is 28.6 Å². The molecule has 1 aromatic carbocycles. The number of nitrogens with zero attached hydrogens (tertiary/aromatic N) is 4. The molecule has 160 valence electrons. The van der Waals surface area contributed by atoms with Gasteiger partial charge in [-0.2, -0.15) is 0 Å². The van der Waals surface area contributed by atoms with Gasteiger partial charge < -0.3 is 9.32 Å². The molecule has 3 aromatic heterocycles. The molecule has 0 bridgehead atoms. The Morgan fingerprint density at radius 3 is 3.03 bits per heavy atom. The van der Waals surface area contributed by atoms with Gasteiger partial charge >= 0.3 is 0 Å². The predicted molar refractivity (Wildman–Crippen MR) is 126 cm³/mol. The molecule has 0 unspecified atom stereocenters. The molecule has 0 N–H and O–H groups in total. The van der Waals surface area contributed by atoms with E-state index >= 15 is 0 Å². The summed E-state index contributed by atoms with van der Waals surface area (Å²) in [5.41, 5.74) is 2.39. The molecule has 9 heteroatoms. The van der Waals surface area contributed by atoms with Gasteiger partial charge in [-0.3, -0.25) is 4.79 Å². The summed E-state index contributed by atoms with van der Waals surface area (Å²) in [5.74, 6) is 1.53. The Labute approximate surface area is 192 Å². The van der Waals surface area contributed by atoms with Crippen molar-refractivity contribution in [3.05, 3.63) is 45.8 Å². The molecular weight excluding hydrogens is 448 g/mol. The zero-order chi connectivity index (χ0) is 21.4. The number of carbonyl (C=O) groups excluding carboxylic acids is 1. The van der Waals surface area contributed by atoms with Crippen molar-refractivity contribution in [1.29, 1.82) is 0 Å². The quantitative estimate of drug-likeness (QED) is 0.357. The molecule has 4 aromatic rings. The lowest BCUT2D eigenvalue weighted by atomic mass is 9.90. The van der Waals surface area contributed by atoms with Crippen LogP contribution in [0.25, 0.3) is 21.0 Å². The first kappa shape index (κ1) is 20.7. The molecule has 0 saturated heterocycles. The van der Waals surface area contributed by atoms with Crippen LogP contribution in [-0.4, -0.2) is 38.8 Å². The highest BCUT2D eigenvalue weighted by atomic mass is 32.2. The maximum atomic E-state index is 12.6. The summed E-state index contributed by atoms with van der Waals surface area (Å²) >= 11 is 4.65. The number of aryl methyl sites for hydroxylation is 1. The van der Waals surface area contributed by atoms with Crippen LogP contribution in [0.5, 0.6) is 0 Å². The van der Waals surface area contributed by atoms with Gasteiger partial charge in [0.05, 0.1) is 27.4 Å². The summed E-state index contributed by atoms with van der Waals surface area (Å²) in [6.45, 7) is 2.79. The molecule has 0 aliphatic heterocycles. The summed E-state index contributed by atoms with van der Waals surface area (Å²) in [6, 6.07) is 10.2. The number of thioether (sulfide) groups is 1. The number of para-hydroxylation sites is 1. The zero-order valence-corrected chi connectivity index (χ0v) is 19.8. The van der Waals surface area contributed by atoms with E-state index in [4.69, 9.17) is 4.42 Å². The van der Waals surface area contributed by atoms with Crippen molar-refractivity contribution in [2.45, 2.75) is 38.0 Å². The molecule has 3 heterocycles. The topological polar surface area (TPSA) is 72.1 Å². The first-order valence-corrected chi connectivity index (χ1v) is 12.8. The van der Waals surface area contributed by atoms with Crippen LogP contribution in [0, 0.1) is 5.92 Å². The van der Waals surface area contributed by atoms with E-state index in [-0.39, 0.29) is 11.7 Å². The lowest BCUT2D eigenvalue weighted by molar-refractivity contribution is -0.127. The first-order chi connectivity index (χ1) is 15.0. The lowest BCUT2D eigenvalue weighted by Crippen LogP contribution is -2.27. The minimum atomic E-state index is 0.00424. The van der Waals surface area contributed by atoms with Crippen molar-refractivity contribution >= 4 is 50.6 Å². The SMILES string of the molecule is C[C@H]1CCc2sc(-c3nnc(SCC(=O)N(C)Cc4nc5ccccc5s4)o3)cc2C1. The molecule has 0 radical (unpaired) electrons. The van der Waals surface area contributed by atoms with Crippen LogP contribution in [0.15, 0.2) is 40.0 Å². The van der Waals surface area contributed by atoms with Gasteiger partial charge in [0, 0.05) is 11.9 Å². The standard InChI is InChI=1S/C22H22N4O2S3/c1-13-7-8-16-14(9-13)10-18(30-16)21-24-25-22(28-21)29-12-20(27)26(2)11-19-23-15-5-3-4-6-17(15)31-19/h3-6,10,13H,7-9,11-12H2,1-2H3/t13-/m0/s1. The van der Waals surface area contributed by atoms with Gasteiger partial charge in [-0.05, 0) is 48.9 Å². The number of amides is 1. The van der Waals surface area contributed by atoms with Crippen LogP contribution in [0.4, 0.5) is 0 Å². The third kappa shape index (κ3) is 4.53. The molecule has 1 atom stereocenters. The number of benzene rings is 1.